The SMILES string of the molecule is C[C@@]12Oc3ccccc3C1=c1c(c3nsnc3c3nsnc13)=C1c3ccccc3O[C@]12C.C[C@]12Oc3ccccc3C1=c1c(c3nsnc3c3nsnc13)=C1c3ccccc3O[C@@]12C. The first-order valence-corrected chi connectivity index (χ1v) is 23.6. The Labute approximate surface area is 378 Å². The van der Waals surface area contributed by atoms with E-state index in [2.05, 4.69) is 69.5 Å². The van der Waals surface area contributed by atoms with Crippen LogP contribution < -0.4 is 39.8 Å². The second-order valence-electron chi connectivity index (χ2n) is 17.4. The first kappa shape index (κ1) is 35.7. The van der Waals surface area contributed by atoms with Crippen molar-refractivity contribution >= 4 is 113 Å². The minimum absolute atomic E-state index is 0.758. The zero-order valence-electron chi connectivity index (χ0n) is 34.1. The fraction of sp³-hybridized carbons (Fsp3) is 0.167. The molecule has 0 fully saturated rings. The number of benzene rings is 6. The average molecular weight is 909 g/mol. The maximum Gasteiger partial charge on any atom is 0.176 e. The van der Waals surface area contributed by atoms with Gasteiger partial charge in [0.25, 0.3) is 0 Å². The van der Waals surface area contributed by atoms with Crippen molar-refractivity contribution in [1.82, 2.24) is 35.0 Å². The summed E-state index contributed by atoms with van der Waals surface area (Å²) in [5, 5.41) is 4.15. The Morgan fingerprint density at radius 1 is 0.297 bits per heavy atom. The molecule has 0 spiro atoms. The second-order valence-corrected chi connectivity index (χ2v) is 19.5. The van der Waals surface area contributed by atoms with Gasteiger partial charge in [0, 0.05) is 65.4 Å². The van der Waals surface area contributed by atoms with Crippen molar-refractivity contribution in [2.24, 2.45) is 0 Å². The molecule has 4 aliphatic heterocycles. The molecule has 0 saturated heterocycles. The number of nitrogens with zero attached hydrogens (tertiary/aromatic N) is 8. The van der Waals surface area contributed by atoms with Crippen LogP contribution in [0.15, 0.2) is 97.1 Å². The van der Waals surface area contributed by atoms with E-state index in [1.807, 2.05) is 72.8 Å². The van der Waals surface area contributed by atoms with Crippen molar-refractivity contribution in [3.8, 4) is 23.0 Å². The van der Waals surface area contributed by atoms with E-state index in [4.69, 9.17) is 36.4 Å². The smallest absolute Gasteiger partial charge is 0.176 e. The molecule has 16 heteroatoms. The van der Waals surface area contributed by atoms with Gasteiger partial charge in [-0.15, -0.1) is 0 Å². The number of ether oxygens (including phenoxy) is 4. The summed E-state index contributed by atoms with van der Waals surface area (Å²) in [5.74, 6) is 3.41. The molecule has 2 aliphatic carbocycles. The van der Waals surface area contributed by atoms with Crippen LogP contribution in [0.5, 0.6) is 23.0 Å². The molecule has 6 aliphatic rings. The lowest BCUT2D eigenvalue weighted by atomic mass is 9.68. The molecule has 0 saturated carbocycles. The molecule has 6 aromatic carbocycles. The molecular weight excluding hydrogens is 881 g/mol. The van der Waals surface area contributed by atoms with E-state index in [-0.39, 0.29) is 0 Å². The Morgan fingerprint density at radius 2 is 0.500 bits per heavy atom. The fourth-order valence-corrected chi connectivity index (χ4v) is 13.7. The van der Waals surface area contributed by atoms with E-state index in [1.54, 1.807) is 0 Å². The number of hydrogen-bond acceptors (Lipinski definition) is 16. The number of hydrogen-bond donors (Lipinski definition) is 0. The summed E-state index contributed by atoms with van der Waals surface area (Å²) in [6, 6.07) is 32.8. The van der Waals surface area contributed by atoms with Crippen molar-refractivity contribution < 1.29 is 18.9 Å². The molecule has 0 amide bonds. The van der Waals surface area contributed by atoms with Gasteiger partial charge in [0.05, 0.1) is 46.9 Å². The van der Waals surface area contributed by atoms with Crippen LogP contribution in [-0.2, 0) is 0 Å². The minimum atomic E-state index is -0.758. The summed E-state index contributed by atoms with van der Waals surface area (Å²) in [6.07, 6.45) is 0. The number of rotatable bonds is 0. The van der Waals surface area contributed by atoms with Gasteiger partial charge in [-0.1, -0.05) is 72.8 Å². The quantitative estimate of drug-likeness (QED) is 0.158. The maximum absolute atomic E-state index is 6.76. The Kier molecular flexibility index (Phi) is 6.52. The van der Waals surface area contributed by atoms with Gasteiger partial charge in [-0.05, 0) is 52.0 Å². The largest absolute Gasteiger partial charge is 0.478 e. The van der Waals surface area contributed by atoms with Gasteiger partial charge in [0.1, 0.15) is 67.1 Å². The van der Waals surface area contributed by atoms with Crippen molar-refractivity contribution in [2.75, 3.05) is 0 Å². The molecule has 64 heavy (non-hydrogen) atoms. The van der Waals surface area contributed by atoms with Crippen LogP contribution in [0, 0.1) is 0 Å². The molecular formula is C48H28N8O4S4. The molecule has 12 nitrogen and oxygen atoms in total. The first-order chi connectivity index (χ1) is 31.2. The van der Waals surface area contributed by atoms with Crippen molar-refractivity contribution in [3.05, 3.63) is 140 Å². The van der Waals surface area contributed by atoms with Gasteiger partial charge in [-0.2, -0.15) is 35.0 Å². The van der Waals surface area contributed by atoms with Crippen LogP contribution >= 0.6 is 46.9 Å². The highest BCUT2D eigenvalue weighted by molar-refractivity contribution is 7.01. The first-order valence-electron chi connectivity index (χ1n) is 20.7. The minimum Gasteiger partial charge on any atom is -0.478 e. The number of para-hydroxylation sites is 4. The predicted molar refractivity (Wildman–Crippen MR) is 247 cm³/mol. The molecule has 8 heterocycles. The Hall–Kier alpha value is -6.72. The van der Waals surface area contributed by atoms with Crippen molar-refractivity contribution in [1.29, 1.82) is 0 Å². The van der Waals surface area contributed by atoms with Gasteiger partial charge in [-0.3, -0.25) is 0 Å². The lowest BCUT2D eigenvalue weighted by Gasteiger charge is -2.43. The van der Waals surface area contributed by atoms with Crippen LogP contribution in [0.25, 0.3) is 66.4 Å². The zero-order chi connectivity index (χ0) is 42.5. The predicted octanol–water partition coefficient (Wildman–Crippen LogP) is 6.82. The standard InChI is InChI=1S/2C24H14N4O2S2/c2*1-23-17(11-7-3-5-9-13(11)29-23)15-16(18-12-8-4-6-10-14(12)30-24(18,23)2)20-22(28-32-26-20)21-19(15)25-31-27-21/h2*3-10H,1-2H3/t2*23-,24-/m10/s1. The van der Waals surface area contributed by atoms with Crippen molar-refractivity contribution in [2.45, 2.75) is 50.1 Å². The molecule has 0 unspecified atom stereocenters. The van der Waals surface area contributed by atoms with E-state index in [1.165, 1.54) is 46.9 Å². The van der Waals surface area contributed by atoms with E-state index >= 15 is 0 Å². The summed E-state index contributed by atoms with van der Waals surface area (Å²) in [4.78, 5) is 0. The molecule has 0 bridgehead atoms. The van der Waals surface area contributed by atoms with Crippen molar-refractivity contribution in [3.63, 3.8) is 0 Å². The molecule has 16 rings (SSSR count). The number of aromatic nitrogens is 8. The summed E-state index contributed by atoms with van der Waals surface area (Å²) < 4.78 is 64.5. The maximum atomic E-state index is 6.76. The molecule has 4 atom stereocenters. The highest BCUT2D eigenvalue weighted by Gasteiger charge is 2.65. The molecule has 10 aromatic rings. The highest BCUT2D eigenvalue weighted by Crippen LogP contribution is 2.59. The van der Waals surface area contributed by atoms with Crippen LogP contribution in [0.2, 0.25) is 0 Å². The lowest BCUT2D eigenvalue weighted by Crippen LogP contribution is -2.62. The van der Waals surface area contributed by atoms with Gasteiger partial charge >= 0.3 is 0 Å². The third-order valence-corrected chi connectivity index (χ3v) is 16.6. The lowest BCUT2D eigenvalue weighted by molar-refractivity contribution is -0.00535. The van der Waals surface area contributed by atoms with E-state index in [0.29, 0.717) is 0 Å². The Bertz CT molecular complexity index is 3580. The number of fused-ring (bicyclic) bond motifs is 26. The fourth-order valence-electron chi connectivity index (χ4n) is 11.5. The molecule has 0 N–H and O–H groups in total. The van der Waals surface area contributed by atoms with Gasteiger partial charge in [-0.25, -0.2) is 0 Å². The molecule has 0 radical (unpaired) electrons. The van der Waals surface area contributed by atoms with Gasteiger partial charge in [0.2, 0.25) is 0 Å². The second kappa shape index (κ2) is 11.7. The Balaban J connectivity index is 0.000000119. The third-order valence-electron chi connectivity index (χ3n) is 14.5. The summed E-state index contributed by atoms with van der Waals surface area (Å²) >= 11 is 4.84. The monoisotopic (exact) mass is 908 g/mol. The van der Waals surface area contributed by atoms with Crippen LogP contribution in [0.4, 0.5) is 0 Å². The van der Waals surface area contributed by atoms with Crippen LogP contribution in [0.1, 0.15) is 49.9 Å². The summed E-state index contributed by atoms with van der Waals surface area (Å²) in [6.45, 7) is 8.52. The summed E-state index contributed by atoms with van der Waals surface area (Å²) in [7, 11) is 0. The highest BCUT2D eigenvalue weighted by atomic mass is 32.1. The normalized spacial score (nSPS) is 24.6. The molecule has 308 valence electrons. The Morgan fingerprint density at radius 3 is 0.734 bits per heavy atom. The van der Waals surface area contributed by atoms with Crippen LogP contribution in [-0.4, -0.2) is 57.4 Å². The summed E-state index contributed by atoms with van der Waals surface area (Å²) in [5.41, 5.74) is 12.1. The van der Waals surface area contributed by atoms with E-state index in [9.17, 15) is 0 Å². The topological polar surface area (TPSA) is 140 Å². The third kappa shape index (κ3) is 3.94. The van der Waals surface area contributed by atoms with E-state index in [0.717, 1.165) is 133 Å². The van der Waals surface area contributed by atoms with E-state index < -0.39 is 22.4 Å². The zero-order valence-corrected chi connectivity index (χ0v) is 37.3. The van der Waals surface area contributed by atoms with Crippen LogP contribution in [0.3, 0.4) is 0 Å². The molecule has 4 aromatic heterocycles. The average Bonchev–Trinajstić information content (AvgIpc) is 4.15. The van der Waals surface area contributed by atoms with Gasteiger partial charge in [0.15, 0.2) is 22.4 Å². The van der Waals surface area contributed by atoms with Gasteiger partial charge < -0.3 is 18.9 Å².